The Balaban J connectivity index is 1.74. The second kappa shape index (κ2) is 7.67. The summed E-state index contributed by atoms with van der Waals surface area (Å²) in [4.78, 5) is 16.3. The first-order valence-corrected chi connectivity index (χ1v) is 8.18. The van der Waals surface area contributed by atoms with E-state index in [1.54, 1.807) is 6.07 Å². The fraction of sp³-hybridized carbons (Fsp3) is 0.100. The van der Waals surface area contributed by atoms with Crippen LogP contribution >= 0.6 is 0 Å². The lowest BCUT2D eigenvalue weighted by molar-refractivity contribution is -0.137. The third kappa shape index (κ3) is 4.64. The smallest absolute Gasteiger partial charge is 0.397 e. The minimum Gasteiger partial charge on any atom is -0.397 e. The Labute approximate surface area is 158 Å². The molecule has 2 aromatic carbocycles. The molecule has 0 bridgehead atoms. The number of nitrogens with two attached hydrogens (primary N) is 1. The Morgan fingerprint density at radius 3 is 2.36 bits per heavy atom. The Morgan fingerprint density at radius 1 is 1.00 bits per heavy atom. The molecule has 0 aliphatic heterocycles. The number of aromatic nitrogens is 1. The van der Waals surface area contributed by atoms with E-state index < -0.39 is 23.5 Å². The van der Waals surface area contributed by atoms with E-state index >= 15 is 0 Å². The minimum absolute atomic E-state index is 0.00264. The molecule has 144 valence electrons. The molecule has 1 heterocycles. The SMILES string of the molecule is Nc1cncc(-c2cc(F)cc(C(=O)NCc3ccc(C(F)(F)F)cc3)c2)c1. The lowest BCUT2D eigenvalue weighted by Crippen LogP contribution is -2.23. The van der Waals surface area contributed by atoms with Crippen LogP contribution in [0.4, 0.5) is 23.2 Å². The Morgan fingerprint density at radius 2 is 1.71 bits per heavy atom. The van der Waals surface area contributed by atoms with Crippen molar-refractivity contribution in [3.05, 3.63) is 83.4 Å². The molecule has 3 aromatic rings. The number of carbonyl (C=O) groups excluding carboxylic acids is 1. The van der Waals surface area contributed by atoms with Gasteiger partial charge in [-0.05, 0) is 47.5 Å². The van der Waals surface area contributed by atoms with Gasteiger partial charge in [0.25, 0.3) is 5.91 Å². The molecule has 0 saturated carbocycles. The summed E-state index contributed by atoms with van der Waals surface area (Å²) in [5.41, 5.74) is 6.84. The van der Waals surface area contributed by atoms with Crippen molar-refractivity contribution < 1.29 is 22.4 Å². The average Bonchev–Trinajstić information content (AvgIpc) is 2.65. The van der Waals surface area contributed by atoms with Gasteiger partial charge in [0.2, 0.25) is 0 Å². The van der Waals surface area contributed by atoms with Crippen molar-refractivity contribution in [1.82, 2.24) is 10.3 Å². The first-order chi connectivity index (χ1) is 13.2. The van der Waals surface area contributed by atoms with E-state index in [0.29, 0.717) is 22.4 Å². The van der Waals surface area contributed by atoms with Crippen molar-refractivity contribution in [3.8, 4) is 11.1 Å². The molecule has 1 amide bonds. The predicted octanol–water partition coefficient (Wildman–Crippen LogP) is 4.42. The third-order valence-corrected chi connectivity index (χ3v) is 3.99. The second-order valence-electron chi connectivity index (χ2n) is 6.11. The lowest BCUT2D eigenvalue weighted by Gasteiger charge is -2.10. The van der Waals surface area contributed by atoms with Gasteiger partial charge in [-0.25, -0.2) is 4.39 Å². The molecule has 0 aliphatic rings. The number of rotatable bonds is 4. The van der Waals surface area contributed by atoms with Crippen LogP contribution in [0, 0.1) is 5.82 Å². The molecule has 0 atom stereocenters. The average molecular weight is 389 g/mol. The molecule has 0 fully saturated rings. The molecule has 0 saturated heterocycles. The zero-order valence-electron chi connectivity index (χ0n) is 14.4. The van der Waals surface area contributed by atoms with E-state index in [1.807, 2.05) is 0 Å². The molecule has 4 nitrogen and oxygen atoms in total. The summed E-state index contributed by atoms with van der Waals surface area (Å²) in [7, 11) is 0. The number of hydrogen-bond donors (Lipinski definition) is 2. The number of halogens is 4. The number of pyridine rings is 1. The van der Waals surface area contributed by atoms with Gasteiger partial charge < -0.3 is 11.1 Å². The minimum atomic E-state index is -4.42. The van der Waals surface area contributed by atoms with Gasteiger partial charge in [0.05, 0.1) is 11.3 Å². The summed E-state index contributed by atoms with van der Waals surface area (Å²) in [5, 5.41) is 2.56. The molecule has 0 spiro atoms. The molecule has 0 radical (unpaired) electrons. The molecule has 28 heavy (non-hydrogen) atoms. The first kappa shape index (κ1) is 19.3. The second-order valence-corrected chi connectivity index (χ2v) is 6.11. The zero-order valence-corrected chi connectivity index (χ0v) is 14.4. The molecule has 1 aromatic heterocycles. The number of amides is 1. The van der Waals surface area contributed by atoms with Gasteiger partial charge in [-0.2, -0.15) is 13.2 Å². The molecule has 8 heteroatoms. The van der Waals surface area contributed by atoms with Crippen LogP contribution in [0.15, 0.2) is 60.9 Å². The highest BCUT2D eigenvalue weighted by Gasteiger charge is 2.29. The Kier molecular flexibility index (Phi) is 5.30. The summed E-state index contributed by atoms with van der Waals surface area (Å²) in [6, 6.07) is 9.85. The van der Waals surface area contributed by atoms with Crippen molar-refractivity contribution >= 4 is 11.6 Å². The van der Waals surface area contributed by atoms with Gasteiger partial charge in [0.1, 0.15) is 5.82 Å². The third-order valence-electron chi connectivity index (χ3n) is 3.99. The number of hydrogen-bond acceptors (Lipinski definition) is 3. The van der Waals surface area contributed by atoms with Crippen LogP contribution in [-0.2, 0) is 12.7 Å². The highest BCUT2D eigenvalue weighted by molar-refractivity contribution is 5.95. The van der Waals surface area contributed by atoms with Crippen molar-refractivity contribution in [3.63, 3.8) is 0 Å². The first-order valence-electron chi connectivity index (χ1n) is 8.18. The topological polar surface area (TPSA) is 68.0 Å². The van der Waals surface area contributed by atoms with Crippen molar-refractivity contribution in [1.29, 1.82) is 0 Å². The van der Waals surface area contributed by atoms with Crippen LogP contribution in [0.1, 0.15) is 21.5 Å². The Hall–Kier alpha value is -3.42. The van der Waals surface area contributed by atoms with Crippen LogP contribution in [0.5, 0.6) is 0 Å². The van der Waals surface area contributed by atoms with Crippen molar-refractivity contribution in [2.75, 3.05) is 5.73 Å². The number of nitrogen functional groups attached to an aromatic ring is 1. The molecule has 3 N–H and O–H groups in total. The highest BCUT2D eigenvalue weighted by atomic mass is 19.4. The van der Waals surface area contributed by atoms with Gasteiger partial charge in [0.15, 0.2) is 0 Å². The van der Waals surface area contributed by atoms with Gasteiger partial charge in [-0.15, -0.1) is 0 Å². The predicted molar refractivity (Wildman–Crippen MR) is 96.7 cm³/mol. The molecule has 3 rings (SSSR count). The van der Waals surface area contributed by atoms with E-state index in [0.717, 1.165) is 18.2 Å². The van der Waals surface area contributed by atoms with E-state index in [1.165, 1.54) is 36.7 Å². The van der Waals surface area contributed by atoms with Gasteiger partial charge in [-0.1, -0.05) is 12.1 Å². The maximum Gasteiger partial charge on any atom is 0.416 e. The normalized spacial score (nSPS) is 11.3. The zero-order chi connectivity index (χ0) is 20.3. The number of alkyl halides is 3. The summed E-state index contributed by atoms with van der Waals surface area (Å²) in [5.74, 6) is -1.17. The quantitative estimate of drug-likeness (QED) is 0.649. The highest BCUT2D eigenvalue weighted by Crippen LogP contribution is 2.29. The summed E-state index contributed by atoms with van der Waals surface area (Å²) in [6.45, 7) is 0.00264. The standard InChI is InChI=1S/C20H15F4N3O/c21-17-6-13(15-8-18(25)11-26-10-15)5-14(7-17)19(28)27-9-12-1-3-16(4-2-12)20(22,23)24/h1-8,10-11H,9,25H2,(H,27,28). The van der Waals surface area contributed by atoms with E-state index in [2.05, 4.69) is 10.3 Å². The van der Waals surface area contributed by atoms with Gasteiger partial charge in [0, 0.05) is 30.1 Å². The summed E-state index contributed by atoms with van der Waals surface area (Å²) >= 11 is 0. The maximum absolute atomic E-state index is 14.0. The Bertz CT molecular complexity index is 1000. The number of carbonyl (C=O) groups is 1. The molecular formula is C20H15F4N3O. The van der Waals surface area contributed by atoms with Crippen LogP contribution < -0.4 is 11.1 Å². The summed E-state index contributed by atoms with van der Waals surface area (Å²) < 4.78 is 51.7. The van der Waals surface area contributed by atoms with Crippen LogP contribution in [0.25, 0.3) is 11.1 Å². The van der Waals surface area contributed by atoms with Crippen LogP contribution in [0.3, 0.4) is 0 Å². The van der Waals surface area contributed by atoms with Gasteiger partial charge >= 0.3 is 6.18 Å². The molecule has 0 aliphatic carbocycles. The molecular weight excluding hydrogens is 374 g/mol. The van der Waals surface area contributed by atoms with E-state index in [9.17, 15) is 22.4 Å². The number of benzene rings is 2. The number of nitrogens with zero attached hydrogens (tertiary/aromatic N) is 1. The van der Waals surface area contributed by atoms with Gasteiger partial charge in [-0.3, -0.25) is 9.78 Å². The van der Waals surface area contributed by atoms with Crippen molar-refractivity contribution in [2.45, 2.75) is 12.7 Å². The fourth-order valence-electron chi connectivity index (χ4n) is 2.60. The number of nitrogens with one attached hydrogen (secondary N) is 1. The lowest BCUT2D eigenvalue weighted by atomic mass is 10.0. The number of anilines is 1. The van der Waals surface area contributed by atoms with Crippen LogP contribution in [-0.4, -0.2) is 10.9 Å². The molecule has 0 unspecified atom stereocenters. The van der Waals surface area contributed by atoms with Crippen molar-refractivity contribution in [2.24, 2.45) is 0 Å². The fourth-order valence-corrected chi connectivity index (χ4v) is 2.60. The summed E-state index contributed by atoms with van der Waals surface area (Å²) in [6.07, 6.45) is -1.48. The van der Waals surface area contributed by atoms with Crippen LogP contribution in [0.2, 0.25) is 0 Å². The monoisotopic (exact) mass is 389 g/mol. The largest absolute Gasteiger partial charge is 0.416 e. The van der Waals surface area contributed by atoms with E-state index in [-0.39, 0.29) is 12.1 Å². The van der Waals surface area contributed by atoms with E-state index in [4.69, 9.17) is 5.73 Å². The maximum atomic E-state index is 14.0.